The van der Waals surface area contributed by atoms with Crippen molar-refractivity contribution >= 4 is 39.5 Å². The summed E-state index contributed by atoms with van der Waals surface area (Å²) in [7, 11) is -9.89. The van der Waals surface area contributed by atoms with Gasteiger partial charge in [-0.1, -0.05) is 286 Å². The Morgan fingerprint density at radius 1 is 0.310 bits per heavy atom. The summed E-state index contributed by atoms with van der Waals surface area (Å²) in [6.07, 6.45) is 42.2. The molecular formula is C68H132O17P2. The molecule has 87 heavy (non-hydrogen) atoms. The van der Waals surface area contributed by atoms with Gasteiger partial charge in [-0.25, -0.2) is 9.13 Å². The summed E-state index contributed by atoms with van der Waals surface area (Å²) in [5.41, 5.74) is 0. The van der Waals surface area contributed by atoms with Gasteiger partial charge in [-0.2, -0.15) is 0 Å². The second kappa shape index (κ2) is 59.1. The SMILES string of the molecule is CCCCCCCC(=O)OC[C@H](COP(=O)(O)OC[C@H](O)COP(=O)(O)OC[C@@H](COC(=O)CCCCCCCCCCCCCCC(C)C)OC(=O)CCCCCCCCCCCCCCCCC(C)C)OC(=O)CCCCCCCCCC(C)C. The number of esters is 4. The minimum atomic E-state index is -4.95. The Morgan fingerprint density at radius 3 is 0.782 bits per heavy atom. The van der Waals surface area contributed by atoms with Crippen molar-refractivity contribution in [3.05, 3.63) is 0 Å². The fourth-order valence-electron chi connectivity index (χ4n) is 10.2. The van der Waals surface area contributed by atoms with Crippen LogP contribution in [0.3, 0.4) is 0 Å². The van der Waals surface area contributed by atoms with Gasteiger partial charge < -0.3 is 33.8 Å². The summed E-state index contributed by atoms with van der Waals surface area (Å²) in [5.74, 6) is 0.131. The van der Waals surface area contributed by atoms with Gasteiger partial charge in [0.25, 0.3) is 0 Å². The number of carbonyl (C=O) groups is 4. The Kier molecular flexibility index (Phi) is 57.8. The Morgan fingerprint density at radius 2 is 0.529 bits per heavy atom. The zero-order valence-corrected chi connectivity index (χ0v) is 58.3. The molecule has 0 aromatic heterocycles. The maximum Gasteiger partial charge on any atom is 0.472 e. The zero-order valence-electron chi connectivity index (χ0n) is 56.5. The van der Waals surface area contributed by atoms with E-state index in [1.54, 1.807) is 0 Å². The number of aliphatic hydroxyl groups excluding tert-OH is 1. The van der Waals surface area contributed by atoms with E-state index >= 15 is 0 Å². The number of aliphatic hydroxyl groups is 1. The Labute approximate surface area is 530 Å². The second-order valence-electron chi connectivity index (χ2n) is 26.0. The molecular weight excluding hydrogens is 1150 g/mol. The predicted molar refractivity (Wildman–Crippen MR) is 349 cm³/mol. The topological polar surface area (TPSA) is 237 Å². The molecule has 3 N–H and O–H groups in total. The van der Waals surface area contributed by atoms with Crippen LogP contribution in [-0.2, 0) is 65.4 Å². The summed E-state index contributed by atoms with van der Waals surface area (Å²) in [6.45, 7) is 11.7. The summed E-state index contributed by atoms with van der Waals surface area (Å²) < 4.78 is 68.0. The molecule has 0 radical (unpaired) electrons. The van der Waals surface area contributed by atoms with Gasteiger partial charge in [0.05, 0.1) is 26.4 Å². The molecule has 0 aliphatic heterocycles. The third-order valence-corrected chi connectivity index (χ3v) is 17.5. The van der Waals surface area contributed by atoms with Crippen molar-refractivity contribution in [3.63, 3.8) is 0 Å². The molecule has 0 saturated heterocycles. The van der Waals surface area contributed by atoms with Crippen LogP contribution in [0, 0.1) is 17.8 Å². The summed E-state index contributed by atoms with van der Waals surface area (Å²) in [5, 5.41) is 10.5. The van der Waals surface area contributed by atoms with E-state index in [-0.39, 0.29) is 25.7 Å². The van der Waals surface area contributed by atoms with E-state index in [4.69, 9.17) is 37.0 Å². The number of ether oxygens (including phenoxy) is 4. The van der Waals surface area contributed by atoms with E-state index < -0.39 is 97.5 Å². The average Bonchev–Trinajstić information content (AvgIpc) is 3.51. The van der Waals surface area contributed by atoms with Crippen LogP contribution in [0.25, 0.3) is 0 Å². The fourth-order valence-corrected chi connectivity index (χ4v) is 11.8. The fraction of sp³-hybridized carbons (Fsp3) is 0.941. The van der Waals surface area contributed by atoms with Gasteiger partial charge in [0.2, 0.25) is 0 Å². The third kappa shape index (κ3) is 62.6. The molecule has 0 bridgehead atoms. The van der Waals surface area contributed by atoms with Gasteiger partial charge in [0.15, 0.2) is 12.2 Å². The number of unbranched alkanes of at least 4 members (excludes halogenated alkanes) is 34. The van der Waals surface area contributed by atoms with Crippen molar-refractivity contribution in [2.75, 3.05) is 39.6 Å². The maximum absolute atomic E-state index is 13.0. The van der Waals surface area contributed by atoms with Crippen molar-refractivity contribution in [1.29, 1.82) is 0 Å². The quantitative estimate of drug-likeness (QED) is 0.0222. The molecule has 17 nitrogen and oxygen atoms in total. The van der Waals surface area contributed by atoms with Crippen molar-refractivity contribution in [2.45, 2.75) is 356 Å². The molecule has 0 aliphatic carbocycles. The molecule has 0 spiro atoms. The molecule has 5 atom stereocenters. The van der Waals surface area contributed by atoms with E-state index in [0.717, 1.165) is 108 Å². The molecule has 2 unspecified atom stereocenters. The highest BCUT2D eigenvalue weighted by molar-refractivity contribution is 7.47. The number of phosphoric ester groups is 2. The lowest BCUT2D eigenvalue weighted by atomic mass is 10.0. The van der Waals surface area contributed by atoms with Crippen LogP contribution < -0.4 is 0 Å². The lowest BCUT2D eigenvalue weighted by molar-refractivity contribution is -0.161. The van der Waals surface area contributed by atoms with Crippen molar-refractivity contribution < 1.29 is 80.2 Å². The monoisotopic (exact) mass is 1280 g/mol. The first-order valence-electron chi connectivity index (χ1n) is 35.3. The number of carbonyl (C=O) groups excluding carboxylic acids is 4. The van der Waals surface area contributed by atoms with E-state index in [0.29, 0.717) is 31.6 Å². The average molecular weight is 1280 g/mol. The van der Waals surface area contributed by atoms with Crippen LogP contribution in [-0.4, -0.2) is 96.7 Å². The van der Waals surface area contributed by atoms with Gasteiger partial charge in [-0.15, -0.1) is 0 Å². The molecule has 0 aliphatic rings. The van der Waals surface area contributed by atoms with Gasteiger partial charge in [-0.05, 0) is 43.4 Å². The standard InChI is InChI=1S/C68H132O17P2/c1-8-9-10-32-42-49-65(70)78-55-63(84-68(73)52-45-38-31-25-28-35-41-48-61(6)7)57-82-86(74,75)80-53-62(69)54-81-87(76,77)83-58-64(56-79-66(71)50-43-36-29-23-19-16-15-18-22-27-34-40-47-60(4)5)85-67(72)51-44-37-30-24-20-14-12-11-13-17-21-26-33-39-46-59(2)3/h59-64,69H,8-58H2,1-7H3,(H,74,75)(H,76,77)/t62-,63+,64+/m0/s1. The highest BCUT2D eigenvalue weighted by atomic mass is 31.2. The molecule has 0 amide bonds. The summed E-state index contributed by atoms with van der Waals surface area (Å²) in [4.78, 5) is 72.1. The van der Waals surface area contributed by atoms with Crippen LogP contribution in [0.1, 0.15) is 337 Å². The van der Waals surface area contributed by atoms with Gasteiger partial charge >= 0.3 is 39.5 Å². The first kappa shape index (κ1) is 85.1. The molecule has 0 saturated carbocycles. The molecule has 516 valence electrons. The summed E-state index contributed by atoms with van der Waals surface area (Å²) in [6, 6.07) is 0. The smallest absolute Gasteiger partial charge is 0.462 e. The van der Waals surface area contributed by atoms with Gasteiger partial charge in [0, 0.05) is 25.7 Å². The highest BCUT2D eigenvalue weighted by Gasteiger charge is 2.30. The number of rotatable bonds is 66. The Bertz CT molecular complexity index is 1720. The molecule has 0 fully saturated rings. The normalized spacial score (nSPS) is 14.3. The first-order valence-corrected chi connectivity index (χ1v) is 38.3. The molecule has 19 heteroatoms. The molecule has 0 aromatic carbocycles. The van der Waals surface area contributed by atoms with Gasteiger partial charge in [-0.3, -0.25) is 37.3 Å². The zero-order chi connectivity index (χ0) is 64.5. The van der Waals surface area contributed by atoms with Gasteiger partial charge in [0.1, 0.15) is 19.3 Å². The third-order valence-electron chi connectivity index (χ3n) is 15.6. The molecule has 0 aromatic rings. The van der Waals surface area contributed by atoms with Crippen LogP contribution >= 0.6 is 15.6 Å². The number of hydrogen-bond donors (Lipinski definition) is 3. The predicted octanol–water partition coefficient (Wildman–Crippen LogP) is 19.1. The van der Waals surface area contributed by atoms with Crippen molar-refractivity contribution in [2.24, 2.45) is 17.8 Å². The van der Waals surface area contributed by atoms with Crippen LogP contribution in [0.5, 0.6) is 0 Å². The van der Waals surface area contributed by atoms with Crippen LogP contribution in [0.2, 0.25) is 0 Å². The van der Waals surface area contributed by atoms with E-state index in [2.05, 4.69) is 48.5 Å². The van der Waals surface area contributed by atoms with E-state index in [1.165, 1.54) is 141 Å². The lowest BCUT2D eigenvalue weighted by Gasteiger charge is -2.21. The Hall–Kier alpha value is -1.94. The maximum atomic E-state index is 13.0. The van der Waals surface area contributed by atoms with E-state index in [1.807, 2.05) is 0 Å². The summed E-state index contributed by atoms with van der Waals surface area (Å²) >= 11 is 0. The minimum absolute atomic E-state index is 0.102. The number of hydrogen-bond acceptors (Lipinski definition) is 15. The Balaban J connectivity index is 5.16. The van der Waals surface area contributed by atoms with Crippen LogP contribution in [0.4, 0.5) is 0 Å². The minimum Gasteiger partial charge on any atom is -0.462 e. The van der Waals surface area contributed by atoms with Crippen LogP contribution in [0.15, 0.2) is 0 Å². The molecule has 0 rings (SSSR count). The first-order chi connectivity index (χ1) is 41.7. The van der Waals surface area contributed by atoms with E-state index in [9.17, 15) is 43.2 Å². The second-order valence-corrected chi connectivity index (χ2v) is 28.9. The highest BCUT2D eigenvalue weighted by Crippen LogP contribution is 2.45. The molecule has 0 heterocycles. The lowest BCUT2D eigenvalue weighted by Crippen LogP contribution is -2.30. The van der Waals surface area contributed by atoms with Crippen molar-refractivity contribution in [3.8, 4) is 0 Å². The van der Waals surface area contributed by atoms with Crippen molar-refractivity contribution in [1.82, 2.24) is 0 Å². The number of phosphoric acid groups is 2. The largest absolute Gasteiger partial charge is 0.472 e.